The number of hydrogen-bond acceptors (Lipinski definition) is 4. The highest BCUT2D eigenvalue weighted by molar-refractivity contribution is 5.77. The predicted molar refractivity (Wildman–Crippen MR) is 74.6 cm³/mol. The molecule has 0 unspecified atom stereocenters. The molecular weight excluding hydrogens is 240 g/mol. The molecule has 1 aromatic heterocycles. The zero-order chi connectivity index (χ0) is 13.5. The molecule has 5 nitrogen and oxygen atoms in total. The Hall–Kier alpha value is -1.46. The molecule has 0 aromatic carbocycles. The first-order chi connectivity index (χ1) is 9.28. The number of pyridine rings is 1. The van der Waals surface area contributed by atoms with Crippen molar-refractivity contribution in [1.29, 1.82) is 0 Å². The molecule has 1 saturated heterocycles. The first-order valence-electron chi connectivity index (χ1n) is 6.89. The zero-order valence-electron chi connectivity index (χ0n) is 11.5. The molecule has 104 valence electrons. The molecule has 2 heterocycles. The fourth-order valence-corrected chi connectivity index (χ4v) is 2.28. The van der Waals surface area contributed by atoms with Gasteiger partial charge in [-0.1, -0.05) is 6.07 Å². The summed E-state index contributed by atoms with van der Waals surface area (Å²) in [6.45, 7) is 7.96. The average molecular weight is 262 g/mol. The summed E-state index contributed by atoms with van der Waals surface area (Å²) in [6.07, 6.45) is 1.83. The van der Waals surface area contributed by atoms with Crippen LogP contribution in [0.5, 0.6) is 0 Å². The summed E-state index contributed by atoms with van der Waals surface area (Å²) in [4.78, 5) is 20.4. The van der Waals surface area contributed by atoms with E-state index in [9.17, 15) is 4.79 Å². The lowest BCUT2D eigenvalue weighted by Crippen LogP contribution is -2.49. The summed E-state index contributed by atoms with van der Waals surface area (Å²) >= 11 is 0. The summed E-state index contributed by atoms with van der Waals surface area (Å²) in [5.41, 5.74) is 1.11. The van der Waals surface area contributed by atoms with Gasteiger partial charge in [-0.15, -0.1) is 0 Å². The van der Waals surface area contributed by atoms with Gasteiger partial charge in [0.05, 0.1) is 12.2 Å². The first-order valence-corrected chi connectivity index (χ1v) is 6.89. The summed E-state index contributed by atoms with van der Waals surface area (Å²) in [7, 11) is 0. The molecule has 1 N–H and O–H groups in total. The molecule has 0 atom stereocenters. The van der Waals surface area contributed by atoms with E-state index in [2.05, 4.69) is 26.2 Å². The Kier molecular flexibility index (Phi) is 5.30. The van der Waals surface area contributed by atoms with Crippen molar-refractivity contribution in [2.75, 3.05) is 39.3 Å². The molecule has 0 spiro atoms. The molecule has 19 heavy (non-hydrogen) atoms. The minimum Gasteiger partial charge on any atom is -0.355 e. The fourth-order valence-electron chi connectivity index (χ4n) is 2.28. The first kappa shape index (κ1) is 14.0. The van der Waals surface area contributed by atoms with E-state index in [0.717, 1.165) is 38.4 Å². The molecule has 1 aliphatic heterocycles. The second-order valence-electron chi connectivity index (χ2n) is 4.83. The number of likely N-dealkylation sites (N-methyl/N-ethyl adjacent to an activating group) is 1. The lowest BCUT2D eigenvalue weighted by atomic mass is 10.2. The van der Waals surface area contributed by atoms with Crippen LogP contribution in [0.15, 0.2) is 24.4 Å². The molecular formula is C14H22N4O. The normalized spacial score (nSPS) is 17.3. The second-order valence-corrected chi connectivity index (χ2v) is 4.83. The molecule has 0 aliphatic carbocycles. The van der Waals surface area contributed by atoms with Crippen LogP contribution < -0.4 is 5.32 Å². The number of aromatic nitrogens is 1. The number of carbonyl (C=O) groups is 1. The van der Waals surface area contributed by atoms with E-state index in [1.54, 1.807) is 0 Å². The van der Waals surface area contributed by atoms with Crippen molar-refractivity contribution in [3.63, 3.8) is 0 Å². The Morgan fingerprint density at radius 1 is 1.26 bits per heavy atom. The van der Waals surface area contributed by atoms with Crippen molar-refractivity contribution in [3.8, 4) is 0 Å². The smallest absolute Gasteiger partial charge is 0.234 e. The molecule has 0 saturated carbocycles. The third-order valence-electron chi connectivity index (χ3n) is 3.32. The van der Waals surface area contributed by atoms with Crippen molar-refractivity contribution in [3.05, 3.63) is 30.1 Å². The highest BCUT2D eigenvalue weighted by atomic mass is 16.2. The Morgan fingerprint density at radius 3 is 2.63 bits per heavy atom. The highest BCUT2D eigenvalue weighted by Gasteiger charge is 2.18. The second kappa shape index (κ2) is 7.21. The summed E-state index contributed by atoms with van der Waals surface area (Å²) in [5.74, 6) is 0.126. The van der Waals surface area contributed by atoms with Crippen LogP contribution in [-0.4, -0.2) is 60.0 Å². The van der Waals surface area contributed by atoms with Crippen LogP contribution in [0, 0.1) is 0 Å². The summed E-state index contributed by atoms with van der Waals surface area (Å²) < 4.78 is 0. The standard InChI is InChI=1S/C14H22N4O/c1-2-15-14(19)12-18-9-7-17(8-10-18)11-13-5-3-4-6-16-13/h3-6H,2,7-12H2,1H3,(H,15,19). The van der Waals surface area contributed by atoms with E-state index in [-0.39, 0.29) is 5.91 Å². The van der Waals surface area contributed by atoms with Gasteiger partial charge in [-0.3, -0.25) is 19.6 Å². The Balaban J connectivity index is 1.72. The molecule has 1 amide bonds. The number of piperazine rings is 1. The van der Waals surface area contributed by atoms with E-state index >= 15 is 0 Å². The molecule has 0 bridgehead atoms. The van der Waals surface area contributed by atoms with Gasteiger partial charge in [0.25, 0.3) is 0 Å². The van der Waals surface area contributed by atoms with Crippen LogP contribution in [0.25, 0.3) is 0 Å². The van der Waals surface area contributed by atoms with E-state index in [4.69, 9.17) is 0 Å². The van der Waals surface area contributed by atoms with Crippen molar-refractivity contribution in [2.24, 2.45) is 0 Å². The number of nitrogens with one attached hydrogen (secondary N) is 1. The van der Waals surface area contributed by atoms with Gasteiger partial charge in [-0.05, 0) is 19.1 Å². The fraction of sp³-hybridized carbons (Fsp3) is 0.571. The van der Waals surface area contributed by atoms with Gasteiger partial charge in [0.15, 0.2) is 0 Å². The minimum absolute atomic E-state index is 0.126. The maximum atomic E-state index is 11.5. The van der Waals surface area contributed by atoms with Crippen molar-refractivity contribution in [1.82, 2.24) is 20.1 Å². The molecule has 1 aromatic rings. The van der Waals surface area contributed by atoms with Gasteiger partial charge in [-0.25, -0.2) is 0 Å². The molecule has 1 fully saturated rings. The number of nitrogens with zero attached hydrogens (tertiary/aromatic N) is 3. The Bertz CT molecular complexity index is 388. The third kappa shape index (κ3) is 4.61. The van der Waals surface area contributed by atoms with E-state index in [0.29, 0.717) is 13.1 Å². The monoisotopic (exact) mass is 262 g/mol. The van der Waals surface area contributed by atoms with Crippen LogP contribution >= 0.6 is 0 Å². The third-order valence-corrected chi connectivity index (χ3v) is 3.32. The number of carbonyl (C=O) groups excluding carboxylic acids is 1. The van der Waals surface area contributed by atoms with Crippen LogP contribution in [0.2, 0.25) is 0 Å². The van der Waals surface area contributed by atoms with Crippen LogP contribution in [0.4, 0.5) is 0 Å². The Morgan fingerprint density at radius 2 is 2.00 bits per heavy atom. The minimum atomic E-state index is 0.126. The SMILES string of the molecule is CCNC(=O)CN1CCN(Cc2ccccn2)CC1. The summed E-state index contributed by atoms with van der Waals surface area (Å²) in [6, 6.07) is 6.02. The lowest BCUT2D eigenvalue weighted by Gasteiger charge is -2.34. The van der Waals surface area contributed by atoms with Gasteiger partial charge in [0, 0.05) is 45.5 Å². The topological polar surface area (TPSA) is 48.5 Å². The van der Waals surface area contributed by atoms with E-state index in [1.165, 1.54) is 0 Å². The number of hydrogen-bond donors (Lipinski definition) is 1. The highest BCUT2D eigenvalue weighted by Crippen LogP contribution is 2.06. The van der Waals surface area contributed by atoms with E-state index < -0.39 is 0 Å². The number of rotatable bonds is 5. The summed E-state index contributed by atoms with van der Waals surface area (Å²) in [5, 5.41) is 2.84. The lowest BCUT2D eigenvalue weighted by molar-refractivity contribution is -0.122. The van der Waals surface area contributed by atoms with E-state index in [1.807, 2.05) is 25.3 Å². The maximum absolute atomic E-state index is 11.5. The molecule has 2 rings (SSSR count). The molecule has 1 aliphatic rings. The van der Waals surface area contributed by atoms with Gasteiger partial charge in [0.1, 0.15) is 0 Å². The van der Waals surface area contributed by atoms with Crippen molar-refractivity contribution < 1.29 is 4.79 Å². The van der Waals surface area contributed by atoms with Gasteiger partial charge < -0.3 is 5.32 Å². The average Bonchev–Trinajstić information content (AvgIpc) is 2.42. The zero-order valence-corrected chi connectivity index (χ0v) is 11.5. The molecule has 5 heteroatoms. The van der Waals surface area contributed by atoms with Crippen molar-refractivity contribution in [2.45, 2.75) is 13.5 Å². The number of amides is 1. The van der Waals surface area contributed by atoms with Crippen LogP contribution in [-0.2, 0) is 11.3 Å². The van der Waals surface area contributed by atoms with Gasteiger partial charge in [0.2, 0.25) is 5.91 Å². The van der Waals surface area contributed by atoms with Crippen LogP contribution in [0.3, 0.4) is 0 Å². The predicted octanol–water partition coefficient (Wildman–Crippen LogP) is 0.335. The van der Waals surface area contributed by atoms with Gasteiger partial charge >= 0.3 is 0 Å². The Labute approximate surface area is 114 Å². The van der Waals surface area contributed by atoms with Crippen LogP contribution in [0.1, 0.15) is 12.6 Å². The quantitative estimate of drug-likeness (QED) is 0.831. The largest absolute Gasteiger partial charge is 0.355 e. The van der Waals surface area contributed by atoms with Gasteiger partial charge in [-0.2, -0.15) is 0 Å². The van der Waals surface area contributed by atoms with Crippen molar-refractivity contribution >= 4 is 5.91 Å². The molecule has 0 radical (unpaired) electrons. The maximum Gasteiger partial charge on any atom is 0.234 e.